The summed E-state index contributed by atoms with van der Waals surface area (Å²) in [6.07, 6.45) is 0.431. The van der Waals surface area contributed by atoms with Crippen LogP contribution in [-0.2, 0) is 38.2 Å². The lowest BCUT2D eigenvalue weighted by atomic mass is 9.90. The fourth-order valence-corrected chi connectivity index (χ4v) is 3.31. The normalized spacial score (nSPS) is 11.9. The van der Waals surface area contributed by atoms with Crippen LogP contribution in [0.4, 0.5) is 4.79 Å². The van der Waals surface area contributed by atoms with Crippen molar-refractivity contribution in [1.29, 1.82) is 10.7 Å². The first kappa shape index (κ1) is 57.1. The number of ether oxygens (including phenoxy) is 3. The van der Waals surface area contributed by atoms with Gasteiger partial charge in [0.2, 0.25) is 29.5 Å². The molecule has 17 heteroatoms. The van der Waals surface area contributed by atoms with Gasteiger partial charge in [0.15, 0.2) is 0 Å². The van der Waals surface area contributed by atoms with Gasteiger partial charge in [-0.3, -0.25) is 39.3 Å². The molecule has 1 aliphatic rings. The third-order valence-electron chi connectivity index (χ3n) is 6.77. The van der Waals surface area contributed by atoms with E-state index in [2.05, 4.69) is 62.6 Å². The number of amides is 5. The Labute approximate surface area is 330 Å². The number of carbonyl (C=O) groups is 6. The highest BCUT2D eigenvalue weighted by atomic mass is 16.7. The Balaban J connectivity index is -0.000000296. The maximum atomic E-state index is 11.2. The summed E-state index contributed by atoms with van der Waals surface area (Å²) in [4.78, 5) is 70.5. The lowest BCUT2D eigenvalue weighted by Gasteiger charge is -2.26. The minimum Gasteiger partial charge on any atom is -0.438 e. The number of hydrogen-bond acceptors (Lipinski definition) is 12. The summed E-state index contributed by atoms with van der Waals surface area (Å²) < 4.78 is 13.4. The zero-order valence-electron chi connectivity index (χ0n) is 36.7. The van der Waals surface area contributed by atoms with Crippen molar-refractivity contribution in [3.8, 4) is 6.07 Å². The van der Waals surface area contributed by atoms with E-state index in [1.807, 2.05) is 55.4 Å². The summed E-state index contributed by atoms with van der Waals surface area (Å²) in [5.74, 6) is 0.993. The Hall–Kier alpha value is -4.59. The van der Waals surface area contributed by atoms with Crippen LogP contribution >= 0.6 is 0 Å². The highest BCUT2D eigenvalue weighted by molar-refractivity contribution is 6.01. The van der Waals surface area contributed by atoms with Gasteiger partial charge in [0, 0.05) is 70.8 Å². The van der Waals surface area contributed by atoms with Gasteiger partial charge in [0.1, 0.15) is 18.3 Å². The molecular formula is C38H72N8O9. The molecule has 1 heterocycles. The third-order valence-corrected chi connectivity index (χ3v) is 6.77. The Morgan fingerprint density at radius 1 is 0.836 bits per heavy atom. The number of methoxy groups -OCH3 is 2. The van der Waals surface area contributed by atoms with E-state index in [0.29, 0.717) is 26.0 Å². The van der Waals surface area contributed by atoms with Crippen molar-refractivity contribution in [2.45, 2.75) is 109 Å². The fourth-order valence-electron chi connectivity index (χ4n) is 3.31. The summed E-state index contributed by atoms with van der Waals surface area (Å²) in [7, 11) is 5.94. The largest absolute Gasteiger partial charge is 0.507 e. The first-order chi connectivity index (χ1) is 25.0. The van der Waals surface area contributed by atoms with E-state index in [1.165, 1.54) is 21.1 Å². The molecule has 318 valence electrons. The number of nitrogens with zero attached hydrogens (tertiary/aromatic N) is 3. The number of hydrogen-bond donors (Lipinski definition) is 5. The summed E-state index contributed by atoms with van der Waals surface area (Å²) in [5, 5.41) is 26.0. The van der Waals surface area contributed by atoms with E-state index < -0.39 is 6.16 Å². The molecule has 5 N–H and O–H groups in total. The number of rotatable bonds is 9. The second kappa shape index (κ2) is 28.8. The Kier molecular flexibility index (Phi) is 29.9. The van der Waals surface area contributed by atoms with Crippen LogP contribution in [0.1, 0.15) is 109 Å². The van der Waals surface area contributed by atoms with Gasteiger partial charge in [-0.2, -0.15) is 5.26 Å². The molecule has 1 rings (SSSR count). The molecule has 0 saturated carbocycles. The standard InChI is InChI=1S/C9H16N2O.C8H14N2O.C8H17NO2.C7H14N2O.C6H11NO4/c1-7(12)11-6-5-10-8(11)9(2,3)4;1-8(2,6-9)5-4-7(11)10-3;1-8(2,3)7(10)9-5-6-11-4;1-5(10)9-6(8)7(2,3)4;1-7-5(8)3-4-11-6(9)10-2/h5-6H2,1-4H3;4-5H2,1-3H3,(H,10,11);5-6H2,1-4H3,(H,9,10);1-4H3,(H2,8,9,10);3-4H2,1-2H3,(H,7,8). The molecule has 0 saturated heterocycles. The molecule has 0 bridgehead atoms. The zero-order chi connectivity index (χ0) is 44.2. The molecule has 0 radical (unpaired) electrons. The van der Waals surface area contributed by atoms with Gasteiger partial charge in [-0.25, -0.2) is 4.79 Å². The first-order valence-corrected chi connectivity index (χ1v) is 18.0. The van der Waals surface area contributed by atoms with Gasteiger partial charge < -0.3 is 35.5 Å². The molecule has 0 aromatic rings. The predicted molar refractivity (Wildman–Crippen MR) is 214 cm³/mol. The number of carbonyl (C=O) groups excluding carboxylic acids is 6. The van der Waals surface area contributed by atoms with Crippen molar-refractivity contribution in [3.05, 3.63) is 0 Å². The van der Waals surface area contributed by atoms with Gasteiger partial charge in [0.25, 0.3) is 0 Å². The van der Waals surface area contributed by atoms with Crippen LogP contribution in [-0.4, -0.2) is 113 Å². The average molecular weight is 785 g/mol. The molecule has 0 aromatic carbocycles. The smallest absolute Gasteiger partial charge is 0.438 e. The minimum atomic E-state index is -0.770. The lowest BCUT2D eigenvalue weighted by Crippen LogP contribution is -2.39. The molecule has 0 fully saturated rings. The number of aliphatic imine (C=N–C) groups is 1. The van der Waals surface area contributed by atoms with Crippen LogP contribution in [0.2, 0.25) is 0 Å². The molecule has 17 nitrogen and oxygen atoms in total. The minimum absolute atomic E-state index is 0.00618. The van der Waals surface area contributed by atoms with Gasteiger partial charge in [-0.15, -0.1) is 0 Å². The first-order valence-electron chi connectivity index (χ1n) is 18.0. The SMILES string of the molecule is CC(=O)N1CCN=C1C(C)(C)C.CC(=O)NC(=N)C(C)(C)C.CNC(=O)CCC(C)(C)C#N.CNC(=O)CCOC(=O)OC.COCCNC(=O)C(C)(C)C. The second-order valence-electron chi connectivity index (χ2n) is 15.8. The predicted octanol–water partition coefficient (Wildman–Crippen LogP) is 4.20. The molecule has 55 heavy (non-hydrogen) atoms. The van der Waals surface area contributed by atoms with Gasteiger partial charge in [-0.05, 0) is 20.3 Å². The maximum absolute atomic E-state index is 11.2. The molecule has 0 spiro atoms. The van der Waals surface area contributed by atoms with Crippen LogP contribution in [0, 0.1) is 38.4 Å². The summed E-state index contributed by atoms with van der Waals surface area (Å²) in [6.45, 7) is 26.9. The van der Waals surface area contributed by atoms with Crippen LogP contribution in [0.3, 0.4) is 0 Å². The third kappa shape index (κ3) is 33.7. The topological polar surface area (TPSA) is 241 Å². The molecule has 1 aliphatic heterocycles. The average Bonchev–Trinajstić information content (AvgIpc) is 3.59. The maximum Gasteiger partial charge on any atom is 0.507 e. The van der Waals surface area contributed by atoms with E-state index in [1.54, 1.807) is 26.0 Å². The summed E-state index contributed by atoms with van der Waals surface area (Å²) in [6, 6.07) is 2.14. The molecule has 5 amide bonds. The molecular weight excluding hydrogens is 712 g/mol. The van der Waals surface area contributed by atoms with E-state index in [9.17, 15) is 28.8 Å². The van der Waals surface area contributed by atoms with E-state index in [0.717, 1.165) is 18.9 Å². The van der Waals surface area contributed by atoms with Crippen molar-refractivity contribution in [2.75, 3.05) is 61.2 Å². The highest BCUT2D eigenvalue weighted by Gasteiger charge is 2.30. The van der Waals surface area contributed by atoms with E-state index in [-0.39, 0.29) is 70.1 Å². The van der Waals surface area contributed by atoms with Crippen LogP contribution in [0.15, 0.2) is 4.99 Å². The fraction of sp³-hybridized carbons (Fsp3) is 0.763. The second-order valence-corrected chi connectivity index (χ2v) is 15.8. The Morgan fingerprint density at radius 3 is 1.67 bits per heavy atom. The van der Waals surface area contributed by atoms with Crippen LogP contribution in [0.5, 0.6) is 0 Å². The highest BCUT2D eigenvalue weighted by Crippen LogP contribution is 2.22. The lowest BCUT2D eigenvalue weighted by molar-refractivity contribution is -0.128. The van der Waals surface area contributed by atoms with Crippen molar-refractivity contribution in [3.63, 3.8) is 0 Å². The van der Waals surface area contributed by atoms with Gasteiger partial charge in [0.05, 0.1) is 38.2 Å². The summed E-state index contributed by atoms with van der Waals surface area (Å²) >= 11 is 0. The van der Waals surface area contributed by atoms with Crippen molar-refractivity contribution >= 4 is 47.4 Å². The van der Waals surface area contributed by atoms with Crippen molar-refractivity contribution in [2.24, 2.45) is 26.7 Å². The monoisotopic (exact) mass is 785 g/mol. The van der Waals surface area contributed by atoms with E-state index >= 15 is 0 Å². The van der Waals surface area contributed by atoms with Gasteiger partial charge in [-0.1, -0.05) is 62.3 Å². The Morgan fingerprint density at radius 2 is 1.35 bits per heavy atom. The number of nitriles is 1. The zero-order valence-corrected chi connectivity index (χ0v) is 36.7. The van der Waals surface area contributed by atoms with Crippen molar-refractivity contribution in [1.82, 2.24) is 26.2 Å². The van der Waals surface area contributed by atoms with Gasteiger partial charge >= 0.3 is 6.16 Å². The Bertz CT molecular complexity index is 1270. The number of nitrogens with one attached hydrogen (secondary N) is 5. The number of amidine groups is 2. The molecule has 0 aromatic heterocycles. The van der Waals surface area contributed by atoms with Crippen LogP contribution in [0.25, 0.3) is 0 Å². The summed E-state index contributed by atoms with van der Waals surface area (Å²) in [5.41, 5.74) is -0.950. The van der Waals surface area contributed by atoms with Crippen LogP contribution < -0.4 is 21.3 Å². The molecule has 0 aliphatic carbocycles. The van der Waals surface area contributed by atoms with E-state index in [4.69, 9.17) is 15.4 Å². The molecule has 0 unspecified atom stereocenters. The quantitative estimate of drug-likeness (QED) is 0.0966. The molecule has 0 atom stereocenters. The van der Waals surface area contributed by atoms with Crippen molar-refractivity contribution < 1.29 is 43.0 Å².